The molecule has 1 heteroatoms. The summed E-state index contributed by atoms with van der Waals surface area (Å²) in [5.74, 6) is 0. The number of nitrogens with zero attached hydrogens (tertiary/aromatic N) is 1. The Morgan fingerprint density at radius 1 is 1.16 bits per heavy atom. The third kappa shape index (κ3) is 8.05. The topological polar surface area (TPSA) is 3.24 Å². The Bertz CT molecular complexity index is 271. The molecule has 1 nitrogen and oxygen atoms in total. The van der Waals surface area contributed by atoms with E-state index in [2.05, 4.69) is 44.4 Å². The van der Waals surface area contributed by atoms with Crippen molar-refractivity contribution in [3.8, 4) is 0 Å². The van der Waals surface area contributed by atoms with Gasteiger partial charge < -0.3 is 0 Å². The normalized spacial score (nSPS) is 19.6. The van der Waals surface area contributed by atoms with Gasteiger partial charge >= 0.3 is 0 Å². The Hall–Kier alpha value is -0.820. The van der Waals surface area contributed by atoms with Crippen molar-refractivity contribution in [2.45, 2.75) is 67.3 Å². The first-order chi connectivity index (χ1) is 9.19. The van der Waals surface area contributed by atoms with Crippen LogP contribution < -0.4 is 0 Å². The Labute approximate surface area is 122 Å². The Kier molecular flexibility index (Phi) is 14.7. The molecule has 1 saturated heterocycles. The van der Waals surface area contributed by atoms with E-state index in [-0.39, 0.29) is 0 Å². The van der Waals surface area contributed by atoms with Gasteiger partial charge in [-0.1, -0.05) is 59.4 Å². The quantitative estimate of drug-likeness (QED) is 0.642. The Morgan fingerprint density at radius 2 is 1.74 bits per heavy atom. The second-order valence-electron chi connectivity index (χ2n) is 4.38. The molecule has 0 spiro atoms. The third-order valence-electron chi connectivity index (χ3n) is 2.95. The molecule has 0 amide bonds. The number of piperidine rings is 1. The van der Waals surface area contributed by atoms with E-state index in [1.807, 2.05) is 33.8 Å². The predicted molar refractivity (Wildman–Crippen MR) is 90.7 cm³/mol. The maximum absolute atomic E-state index is 3.80. The lowest BCUT2D eigenvalue weighted by molar-refractivity contribution is 0.231. The molecule has 0 saturated carbocycles. The zero-order valence-corrected chi connectivity index (χ0v) is 14.3. The second-order valence-corrected chi connectivity index (χ2v) is 4.38. The molecule has 1 fully saturated rings. The minimum Gasteiger partial charge on any atom is -0.296 e. The smallest absolute Gasteiger partial charge is 0.0239 e. The molecule has 0 aromatic rings. The van der Waals surface area contributed by atoms with Gasteiger partial charge in [0.15, 0.2) is 0 Å². The van der Waals surface area contributed by atoms with Gasteiger partial charge in [0.2, 0.25) is 0 Å². The Balaban J connectivity index is 0. The van der Waals surface area contributed by atoms with Crippen LogP contribution in [0.1, 0.15) is 61.3 Å². The lowest BCUT2D eigenvalue weighted by Crippen LogP contribution is -2.37. The lowest BCUT2D eigenvalue weighted by Gasteiger charge is -2.33. The first-order valence-corrected chi connectivity index (χ1v) is 7.94. The van der Waals surface area contributed by atoms with Crippen molar-refractivity contribution in [1.82, 2.24) is 4.90 Å². The lowest BCUT2D eigenvalue weighted by atomic mass is 9.95. The van der Waals surface area contributed by atoms with Gasteiger partial charge in [-0.15, -0.1) is 0 Å². The molecule has 1 aliphatic heterocycles. The van der Waals surface area contributed by atoms with Crippen molar-refractivity contribution in [2.75, 3.05) is 13.1 Å². The molecule has 0 radical (unpaired) electrons. The van der Waals surface area contributed by atoms with Crippen LogP contribution in [-0.4, -0.2) is 24.0 Å². The fourth-order valence-electron chi connectivity index (χ4n) is 2.05. The summed E-state index contributed by atoms with van der Waals surface area (Å²) in [6.45, 7) is 20.8. The van der Waals surface area contributed by atoms with E-state index >= 15 is 0 Å². The van der Waals surface area contributed by atoms with Crippen molar-refractivity contribution in [2.24, 2.45) is 0 Å². The number of hydrogen-bond donors (Lipinski definition) is 0. The first kappa shape index (κ1) is 20.5. The van der Waals surface area contributed by atoms with Crippen LogP contribution in [0.15, 0.2) is 36.0 Å². The molecule has 0 atom stereocenters. The first-order valence-electron chi connectivity index (χ1n) is 7.94. The number of allylic oxidation sites excluding steroid dienone is 3. The summed E-state index contributed by atoms with van der Waals surface area (Å²) in [6.07, 6.45) is 8.74. The number of rotatable bonds is 3. The van der Waals surface area contributed by atoms with Gasteiger partial charge in [-0.25, -0.2) is 0 Å². The molecule has 1 aliphatic rings. The molecular formula is C18H35N. The highest BCUT2D eigenvalue weighted by Crippen LogP contribution is 2.24. The SMILES string of the molecule is C=C/C=C1/CN(C(C)C)CC/C1=C/CC.CC.CC. The molecule has 0 N–H and O–H groups in total. The molecule has 0 bridgehead atoms. The molecule has 1 rings (SSSR count). The van der Waals surface area contributed by atoms with Crippen LogP contribution in [0.5, 0.6) is 0 Å². The van der Waals surface area contributed by atoms with Crippen LogP contribution in [-0.2, 0) is 0 Å². The molecule has 0 aliphatic carbocycles. The van der Waals surface area contributed by atoms with E-state index in [1.54, 1.807) is 0 Å². The van der Waals surface area contributed by atoms with E-state index in [1.165, 1.54) is 24.1 Å². The van der Waals surface area contributed by atoms with Crippen LogP contribution in [0.3, 0.4) is 0 Å². The summed E-state index contributed by atoms with van der Waals surface area (Å²) in [5.41, 5.74) is 2.97. The van der Waals surface area contributed by atoms with E-state index in [9.17, 15) is 0 Å². The highest BCUT2D eigenvalue weighted by molar-refractivity contribution is 5.36. The van der Waals surface area contributed by atoms with Crippen molar-refractivity contribution < 1.29 is 0 Å². The Morgan fingerprint density at radius 3 is 2.16 bits per heavy atom. The predicted octanol–water partition coefficient (Wildman–Crippen LogP) is 5.60. The van der Waals surface area contributed by atoms with Crippen molar-refractivity contribution in [3.05, 3.63) is 36.0 Å². The van der Waals surface area contributed by atoms with Crippen molar-refractivity contribution in [1.29, 1.82) is 0 Å². The van der Waals surface area contributed by atoms with Crippen LogP contribution in [0, 0.1) is 0 Å². The summed E-state index contributed by atoms with van der Waals surface area (Å²) in [4.78, 5) is 2.52. The summed E-state index contributed by atoms with van der Waals surface area (Å²) in [7, 11) is 0. The molecular weight excluding hydrogens is 230 g/mol. The molecule has 0 aromatic heterocycles. The van der Waals surface area contributed by atoms with E-state index < -0.39 is 0 Å². The zero-order valence-electron chi connectivity index (χ0n) is 14.3. The summed E-state index contributed by atoms with van der Waals surface area (Å²) in [6, 6.07) is 0.640. The van der Waals surface area contributed by atoms with E-state index in [0.717, 1.165) is 13.0 Å². The van der Waals surface area contributed by atoms with Crippen molar-refractivity contribution in [3.63, 3.8) is 0 Å². The minimum atomic E-state index is 0.640. The third-order valence-corrected chi connectivity index (χ3v) is 2.95. The maximum atomic E-state index is 3.80. The van der Waals surface area contributed by atoms with Crippen LogP contribution in [0.2, 0.25) is 0 Å². The van der Waals surface area contributed by atoms with Gasteiger partial charge in [0.25, 0.3) is 0 Å². The highest BCUT2D eigenvalue weighted by Gasteiger charge is 2.19. The van der Waals surface area contributed by atoms with Gasteiger partial charge in [0, 0.05) is 19.1 Å². The zero-order chi connectivity index (χ0) is 15.3. The number of hydrogen-bond acceptors (Lipinski definition) is 1. The highest BCUT2D eigenvalue weighted by atomic mass is 15.1. The second kappa shape index (κ2) is 13.6. The van der Waals surface area contributed by atoms with E-state index in [4.69, 9.17) is 0 Å². The van der Waals surface area contributed by atoms with Crippen LogP contribution in [0.4, 0.5) is 0 Å². The average Bonchev–Trinajstić information content (AvgIpc) is 2.45. The molecule has 0 unspecified atom stereocenters. The molecule has 0 aromatic carbocycles. The van der Waals surface area contributed by atoms with Crippen molar-refractivity contribution >= 4 is 0 Å². The van der Waals surface area contributed by atoms with Crippen LogP contribution >= 0.6 is 0 Å². The standard InChI is InChI=1S/C14H23N.2C2H6/c1-5-7-13-9-10-15(12(3)4)11-14(13)8-6-2;2*1-2/h6-8,12H,2,5,9-11H2,1,3-4H3;2*1-2H3/b13-7-,14-8-;;. The van der Waals surface area contributed by atoms with Gasteiger partial charge in [-0.2, -0.15) is 0 Å². The summed E-state index contributed by atoms with van der Waals surface area (Å²) in [5, 5.41) is 0. The molecule has 112 valence electrons. The largest absolute Gasteiger partial charge is 0.296 e. The summed E-state index contributed by atoms with van der Waals surface area (Å²) >= 11 is 0. The monoisotopic (exact) mass is 265 g/mol. The van der Waals surface area contributed by atoms with Gasteiger partial charge in [0.1, 0.15) is 0 Å². The maximum Gasteiger partial charge on any atom is 0.0239 e. The minimum absolute atomic E-state index is 0.640. The number of likely N-dealkylation sites (tertiary alicyclic amines) is 1. The van der Waals surface area contributed by atoms with E-state index in [0.29, 0.717) is 6.04 Å². The molecule has 1 heterocycles. The van der Waals surface area contributed by atoms with Crippen LogP contribution in [0.25, 0.3) is 0 Å². The summed E-state index contributed by atoms with van der Waals surface area (Å²) < 4.78 is 0. The van der Waals surface area contributed by atoms with Gasteiger partial charge in [0.05, 0.1) is 0 Å². The van der Waals surface area contributed by atoms with Gasteiger partial charge in [-0.3, -0.25) is 4.90 Å². The fourth-order valence-corrected chi connectivity index (χ4v) is 2.05. The van der Waals surface area contributed by atoms with Gasteiger partial charge in [-0.05, 0) is 37.8 Å². The fraction of sp³-hybridized carbons (Fsp3) is 0.667. The molecule has 19 heavy (non-hydrogen) atoms. The average molecular weight is 265 g/mol.